The number of nitrogens with one attached hydrogen (secondary N) is 1. The Kier molecular flexibility index (Phi) is 6.04. The lowest BCUT2D eigenvalue weighted by Gasteiger charge is -2.29. The van der Waals surface area contributed by atoms with E-state index in [4.69, 9.17) is 4.74 Å². The lowest BCUT2D eigenvalue weighted by Crippen LogP contribution is -2.43. The van der Waals surface area contributed by atoms with E-state index in [2.05, 4.69) is 10.2 Å². The van der Waals surface area contributed by atoms with Crippen LogP contribution in [0.1, 0.15) is 5.56 Å². The van der Waals surface area contributed by atoms with E-state index in [1.165, 1.54) is 6.07 Å². The monoisotopic (exact) mass is 322 g/mol. The van der Waals surface area contributed by atoms with Gasteiger partial charge in [0.2, 0.25) is 0 Å². The molecule has 0 saturated carbocycles. The summed E-state index contributed by atoms with van der Waals surface area (Å²) in [6.07, 6.45) is 0. The van der Waals surface area contributed by atoms with Crippen molar-refractivity contribution in [2.24, 2.45) is 0 Å². The van der Waals surface area contributed by atoms with Crippen LogP contribution in [0.4, 0.5) is 10.1 Å². The van der Waals surface area contributed by atoms with E-state index in [1.807, 2.05) is 36.4 Å². The summed E-state index contributed by atoms with van der Waals surface area (Å²) in [5.41, 5.74) is 1.73. The number of ether oxygens (including phenoxy) is 1. The molecule has 0 radical (unpaired) electrons. The Bertz CT molecular complexity index is 588. The Morgan fingerprint density at radius 1 is 1.05 bits per heavy atom. The second kappa shape index (κ2) is 8.01. The van der Waals surface area contributed by atoms with Crippen molar-refractivity contribution in [2.75, 3.05) is 31.1 Å². The zero-order chi connectivity index (χ0) is 14.5. The molecule has 5 heteroatoms. The maximum absolute atomic E-state index is 14.2. The Labute approximate surface area is 136 Å². The van der Waals surface area contributed by atoms with Gasteiger partial charge in [-0.05, 0) is 17.7 Å². The summed E-state index contributed by atoms with van der Waals surface area (Å²) in [5, 5.41) is 3.26. The molecule has 0 spiro atoms. The average Bonchev–Trinajstić information content (AvgIpc) is 2.55. The molecule has 0 aliphatic carbocycles. The SMILES string of the molecule is Cl.Fc1cc(OCc2ccccc2)ccc1N1CCNCC1. The summed E-state index contributed by atoms with van der Waals surface area (Å²) < 4.78 is 19.9. The molecule has 0 amide bonds. The van der Waals surface area contributed by atoms with Gasteiger partial charge in [-0.3, -0.25) is 0 Å². The molecule has 1 N–H and O–H groups in total. The van der Waals surface area contributed by atoms with Crippen molar-refractivity contribution in [1.29, 1.82) is 0 Å². The minimum atomic E-state index is -0.220. The molecule has 1 fully saturated rings. The fourth-order valence-electron chi connectivity index (χ4n) is 2.48. The van der Waals surface area contributed by atoms with Crippen LogP contribution in [0.5, 0.6) is 5.75 Å². The number of nitrogens with zero attached hydrogens (tertiary/aromatic N) is 1. The summed E-state index contributed by atoms with van der Waals surface area (Å²) >= 11 is 0. The first-order valence-electron chi connectivity index (χ1n) is 7.25. The fraction of sp³-hybridized carbons (Fsp3) is 0.294. The zero-order valence-electron chi connectivity index (χ0n) is 12.3. The van der Waals surface area contributed by atoms with Crippen LogP contribution in [0, 0.1) is 5.82 Å². The first-order chi connectivity index (χ1) is 10.3. The lowest BCUT2D eigenvalue weighted by molar-refractivity contribution is 0.304. The van der Waals surface area contributed by atoms with E-state index in [0.29, 0.717) is 18.0 Å². The molecule has 2 aromatic carbocycles. The number of rotatable bonds is 4. The van der Waals surface area contributed by atoms with E-state index in [0.717, 1.165) is 31.7 Å². The molecule has 1 saturated heterocycles. The quantitative estimate of drug-likeness (QED) is 0.935. The molecule has 3 rings (SSSR count). The normalized spacial score (nSPS) is 14.3. The Balaban J connectivity index is 0.00000176. The van der Waals surface area contributed by atoms with E-state index < -0.39 is 0 Å². The van der Waals surface area contributed by atoms with Gasteiger partial charge >= 0.3 is 0 Å². The van der Waals surface area contributed by atoms with Crippen molar-refractivity contribution in [3.05, 3.63) is 59.9 Å². The minimum absolute atomic E-state index is 0. The smallest absolute Gasteiger partial charge is 0.150 e. The minimum Gasteiger partial charge on any atom is -0.489 e. The van der Waals surface area contributed by atoms with Crippen LogP contribution in [0.25, 0.3) is 0 Å². The summed E-state index contributed by atoms with van der Waals surface area (Å²) in [6, 6.07) is 15.0. The number of benzene rings is 2. The maximum Gasteiger partial charge on any atom is 0.150 e. The highest BCUT2D eigenvalue weighted by atomic mass is 35.5. The standard InChI is InChI=1S/C17H19FN2O.ClH/c18-16-12-15(21-13-14-4-2-1-3-5-14)6-7-17(16)20-10-8-19-9-11-20;/h1-7,12,19H,8-11,13H2;1H. The van der Waals surface area contributed by atoms with Gasteiger partial charge in [0.05, 0.1) is 5.69 Å². The maximum atomic E-state index is 14.2. The number of piperazine rings is 1. The van der Waals surface area contributed by atoms with Gasteiger partial charge in [-0.2, -0.15) is 0 Å². The Hall–Kier alpha value is -1.78. The molecule has 1 heterocycles. The molecule has 22 heavy (non-hydrogen) atoms. The second-order valence-electron chi connectivity index (χ2n) is 5.12. The number of hydrogen-bond donors (Lipinski definition) is 1. The van der Waals surface area contributed by atoms with E-state index in [-0.39, 0.29) is 18.2 Å². The van der Waals surface area contributed by atoms with E-state index >= 15 is 0 Å². The highest BCUT2D eigenvalue weighted by Gasteiger charge is 2.14. The van der Waals surface area contributed by atoms with E-state index in [1.54, 1.807) is 6.07 Å². The molecule has 2 aromatic rings. The highest BCUT2D eigenvalue weighted by Crippen LogP contribution is 2.25. The summed E-state index contributed by atoms with van der Waals surface area (Å²) in [6.45, 7) is 3.91. The molecule has 1 aliphatic rings. The fourth-order valence-corrected chi connectivity index (χ4v) is 2.48. The van der Waals surface area contributed by atoms with Crippen LogP contribution in [-0.4, -0.2) is 26.2 Å². The molecule has 0 bridgehead atoms. The summed E-state index contributed by atoms with van der Waals surface area (Å²) in [7, 11) is 0. The van der Waals surface area contributed by atoms with Gasteiger partial charge < -0.3 is 15.0 Å². The number of hydrogen-bond acceptors (Lipinski definition) is 3. The lowest BCUT2D eigenvalue weighted by atomic mass is 10.2. The van der Waals surface area contributed by atoms with Crippen molar-refractivity contribution < 1.29 is 9.13 Å². The van der Waals surface area contributed by atoms with Gasteiger partial charge in [0.25, 0.3) is 0 Å². The first kappa shape index (κ1) is 16.6. The van der Waals surface area contributed by atoms with Crippen LogP contribution in [0.15, 0.2) is 48.5 Å². The molecule has 3 nitrogen and oxygen atoms in total. The van der Waals surface area contributed by atoms with Gasteiger partial charge in [0, 0.05) is 32.2 Å². The van der Waals surface area contributed by atoms with Gasteiger partial charge in [-0.15, -0.1) is 12.4 Å². The van der Waals surface area contributed by atoms with Crippen LogP contribution in [0.3, 0.4) is 0 Å². The van der Waals surface area contributed by atoms with Gasteiger partial charge in [-0.25, -0.2) is 4.39 Å². The van der Waals surface area contributed by atoms with Crippen LogP contribution >= 0.6 is 12.4 Å². The number of anilines is 1. The van der Waals surface area contributed by atoms with Crippen molar-refractivity contribution in [2.45, 2.75) is 6.61 Å². The summed E-state index contributed by atoms with van der Waals surface area (Å²) in [4.78, 5) is 2.06. The molecular formula is C17H20ClFN2O. The van der Waals surface area contributed by atoms with Crippen LogP contribution in [0.2, 0.25) is 0 Å². The zero-order valence-corrected chi connectivity index (χ0v) is 13.1. The van der Waals surface area contributed by atoms with Crippen LogP contribution < -0.4 is 15.0 Å². The summed E-state index contributed by atoms with van der Waals surface area (Å²) in [5.74, 6) is 0.345. The third-order valence-electron chi connectivity index (χ3n) is 3.63. The predicted octanol–water partition coefficient (Wildman–Crippen LogP) is 3.24. The third kappa shape index (κ3) is 4.12. The molecule has 0 unspecified atom stereocenters. The molecule has 0 atom stereocenters. The van der Waals surface area contributed by atoms with Gasteiger partial charge in [-0.1, -0.05) is 30.3 Å². The second-order valence-corrected chi connectivity index (χ2v) is 5.12. The largest absolute Gasteiger partial charge is 0.489 e. The highest BCUT2D eigenvalue weighted by molar-refractivity contribution is 5.85. The van der Waals surface area contributed by atoms with Crippen molar-refractivity contribution in [3.8, 4) is 5.75 Å². The van der Waals surface area contributed by atoms with Crippen LogP contribution in [-0.2, 0) is 6.61 Å². The Morgan fingerprint density at radius 2 is 1.77 bits per heavy atom. The predicted molar refractivity (Wildman–Crippen MR) is 89.5 cm³/mol. The number of halogens is 2. The Morgan fingerprint density at radius 3 is 2.45 bits per heavy atom. The molecule has 1 aliphatic heterocycles. The molecule has 118 valence electrons. The molecular weight excluding hydrogens is 303 g/mol. The van der Waals surface area contributed by atoms with Gasteiger partial charge in [0.1, 0.15) is 18.2 Å². The van der Waals surface area contributed by atoms with E-state index in [9.17, 15) is 4.39 Å². The topological polar surface area (TPSA) is 24.5 Å². The molecule has 0 aromatic heterocycles. The third-order valence-corrected chi connectivity index (χ3v) is 3.63. The van der Waals surface area contributed by atoms with Crippen molar-refractivity contribution in [1.82, 2.24) is 5.32 Å². The average molecular weight is 323 g/mol. The van der Waals surface area contributed by atoms with Crippen molar-refractivity contribution in [3.63, 3.8) is 0 Å². The van der Waals surface area contributed by atoms with Crippen molar-refractivity contribution >= 4 is 18.1 Å². The van der Waals surface area contributed by atoms with Gasteiger partial charge in [0.15, 0.2) is 0 Å². The first-order valence-corrected chi connectivity index (χ1v) is 7.25.